The van der Waals surface area contributed by atoms with E-state index in [9.17, 15) is 5.11 Å². The molecule has 4 rings (SSSR count). The minimum absolute atomic E-state index is 0. The first-order valence-corrected chi connectivity index (χ1v) is 10.8. The van der Waals surface area contributed by atoms with Crippen LogP contribution in [0.1, 0.15) is 47.6 Å². The van der Waals surface area contributed by atoms with Crippen molar-refractivity contribution in [3.05, 3.63) is 58.7 Å². The van der Waals surface area contributed by atoms with E-state index in [1.807, 2.05) is 0 Å². The van der Waals surface area contributed by atoms with Gasteiger partial charge in [0.05, 0.1) is 20.3 Å². The summed E-state index contributed by atoms with van der Waals surface area (Å²) in [5, 5.41) is 10.9. The molecule has 0 amide bonds. The van der Waals surface area contributed by atoms with Gasteiger partial charge in [-0.3, -0.25) is 4.90 Å². The standard InChI is InChI=1S/C25H33NO3.ClH/c1-17-4-8-19(9-5-17)23(27)16-26(15-18-6-7-18)22-11-10-20-13-24(28-2)25(29-3)14-21(20)12-22;/h4-5,8-9,13-14,18,22-23,27H,6-7,10-12,15-16H2,1-3H3;1H. The van der Waals surface area contributed by atoms with Gasteiger partial charge >= 0.3 is 0 Å². The Morgan fingerprint density at radius 2 is 1.63 bits per heavy atom. The zero-order valence-corrected chi connectivity index (χ0v) is 19.1. The highest BCUT2D eigenvalue weighted by molar-refractivity contribution is 5.85. The average molecular weight is 432 g/mol. The maximum absolute atomic E-state index is 10.9. The largest absolute Gasteiger partial charge is 0.493 e. The molecular formula is C25H34ClNO3. The lowest BCUT2D eigenvalue weighted by atomic mass is 9.86. The lowest BCUT2D eigenvalue weighted by Crippen LogP contribution is -2.42. The lowest BCUT2D eigenvalue weighted by Gasteiger charge is -2.37. The van der Waals surface area contributed by atoms with E-state index in [2.05, 4.69) is 48.2 Å². The number of halogens is 1. The molecule has 0 saturated heterocycles. The number of nitrogens with zero attached hydrogens (tertiary/aromatic N) is 1. The Kier molecular flexibility index (Phi) is 7.67. The summed E-state index contributed by atoms with van der Waals surface area (Å²) in [6.07, 6.45) is 5.37. The number of methoxy groups -OCH3 is 2. The number of hydrogen-bond acceptors (Lipinski definition) is 4. The van der Waals surface area contributed by atoms with E-state index < -0.39 is 6.10 Å². The fourth-order valence-electron chi connectivity index (χ4n) is 4.50. The zero-order chi connectivity index (χ0) is 20.4. The monoisotopic (exact) mass is 431 g/mol. The maximum atomic E-state index is 10.9. The van der Waals surface area contributed by atoms with Crippen molar-refractivity contribution in [3.63, 3.8) is 0 Å². The Bertz CT molecular complexity index is 835. The van der Waals surface area contributed by atoms with E-state index in [1.54, 1.807) is 14.2 Å². The molecule has 5 heteroatoms. The molecule has 1 fully saturated rings. The number of aliphatic hydroxyl groups excluding tert-OH is 1. The van der Waals surface area contributed by atoms with E-state index in [0.717, 1.165) is 48.8 Å². The van der Waals surface area contributed by atoms with E-state index in [0.29, 0.717) is 12.6 Å². The molecule has 2 aliphatic carbocycles. The van der Waals surface area contributed by atoms with Crippen LogP contribution in [0.5, 0.6) is 11.5 Å². The van der Waals surface area contributed by atoms with Gasteiger partial charge in [0.25, 0.3) is 0 Å². The summed E-state index contributed by atoms with van der Waals surface area (Å²) in [6, 6.07) is 13.0. The molecule has 2 aliphatic rings. The SMILES string of the molecule is COc1cc2c(cc1OC)CC(N(CC1CC1)CC(O)c1ccc(C)cc1)CC2.Cl. The van der Waals surface area contributed by atoms with Crippen molar-refractivity contribution in [2.75, 3.05) is 27.3 Å². The van der Waals surface area contributed by atoms with E-state index in [4.69, 9.17) is 9.47 Å². The number of aliphatic hydroxyl groups is 1. The van der Waals surface area contributed by atoms with Crippen LogP contribution in [-0.2, 0) is 12.8 Å². The molecule has 2 aromatic rings. The Labute approximate surface area is 186 Å². The minimum atomic E-state index is -0.443. The molecular weight excluding hydrogens is 398 g/mol. The van der Waals surface area contributed by atoms with Crippen LogP contribution in [0.15, 0.2) is 36.4 Å². The first-order valence-electron chi connectivity index (χ1n) is 10.8. The van der Waals surface area contributed by atoms with Crippen LogP contribution in [0, 0.1) is 12.8 Å². The highest BCUT2D eigenvalue weighted by Gasteiger charge is 2.32. The van der Waals surface area contributed by atoms with Gasteiger partial charge in [0.15, 0.2) is 11.5 Å². The Hall–Kier alpha value is -1.75. The van der Waals surface area contributed by atoms with Gasteiger partial charge < -0.3 is 14.6 Å². The van der Waals surface area contributed by atoms with Crippen molar-refractivity contribution in [1.82, 2.24) is 4.90 Å². The molecule has 2 atom stereocenters. The number of fused-ring (bicyclic) bond motifs is 1. The van der Waals surface area contributed by atoms with Crippen molar-refractivity contribution in [3.8, 4) is 11.5 Å². The molecule has 0 aliphatic heterocycles. The van der Waals surface area contributed by atoms with Crippen LogP contribution in [0.2, 0.25) is 0 Å². The van der Waals surface area contributed by atoms with Crippen LogP contribution in [0.4, 0.5) is 0 Å². The third-order valence-electron chi connectivity index (χ3n) is 6.48. The molecule has 0 spiro atoms. The van der Waals surface area contributed by atoms with Gasteiger partial charge in [-0.05, 0) is 73.8 Å². The third-order valence-corrected chi connectivity index (χ3v) is 6.48. The van der Waals surface area contributed by atoms with Gasteiger partial charge in [-0.25, -0.2) is 0 Å². The summed E-state index contributed by atoms with van der Waals surface area (Å²) in [6.45, 7) is 3.88. The third kappa shape index (κ3) is 5.29. The maximum Gasteiger partial charge on any atom is 0.161 e. The van der Waals surface area contributed by atoms with Crippen LogP contribution in [0.25, 0.3) is 0 Å². The van der Waals surface area contributed by atoms with Crippen molar-refractivity contribution in [2.45, 2.75) is 51.2 Å². The molecule has 0 bridgehead atoms. The van der Waals surface area contributed by atoms with Gasteiger partial charge in [0, 0.05) is 19.1 Å². The van der Waals surface area contributed by atoms with Crippen molar-refractivity contribution in [1.29, 1.82) is 0 Å². The molecule has 1 saturated carbocycles. The number of benzene rings is 2. The van der Waals surface area contributed by atoms with Gasteiger partial charge in [0.2, 0.25) is 0 Å². The van der Waals surface area contributed by atoms with Crippen molar-refractivity contribution < 1.29 is 14.6 Å². The topological polar surface area (TPSA) is 41.9 Å². The van der Waals surface area contributed by atoms with Crippen LogP contribution in [-0.4, -0.2) is 43.4 Å². The van der Waals surface area contributed by atoms with Crippen molar-refractivity contribution in [2.24, 2.45) is 5.92 Å². The first kappa shape index (κ1) is 22.9. The fourth-order valence-corrected chi connectivity index (χ4v) is 4.50. The molecule has 164 valence electrons. The number of ether oxygens (including phenoxy) is 2. The number of rotatable bonds is 8. The van der Waals surface area contributed by atoms with Crippen LogP contribution < -0.4 is 9.47 Å². The van der Waals surface area contributed by atoms with E-state index in [-0.39, 0.29) is 12.4 Å². The second-order valence-electron chi connectivity index (χ2n) is 8.70. The van der Waals surface area contributed by atoms with Gasteiger partial charge in [0.1, 0.15) is 0 Å². The Balaban J connectivity index is 0.00000256. The van der Waals surface area contributed by atoms with Crippen molar-refractivity contribution >= 4 is 12.4 Å². The zero-order valence-electron chi connectivity index (χ0n) is 18.3. The molecule has 2 aromatic carbocycles. The lowest BCUT2D eigenvalue weighted by molar-refractivity contribution is 0.0778. The average Bonchev–Trinajstić information content (AvgIpc) is 3.56. The summed E-state index contributed by atoms with van der Waals surface area (Å²) in [5.41, 5.74) is 4.96. The normalized spacial score (nSPS) is 19.0. The Morgan fingerprint density at radius 1 is 1.00 bits per heavy atom. The summed E-state index contributed by atoms with van der Waals surface area (Å²) in [4.78, 5) is 2.54. The fraction of sp³-hybridized carbons (Fsp3) is 0.520. The molecule has 1 N–H and O–H groups in total. The van der Waals surface area contributed by atoms with E-state index in [1.165, 1.54) is 29.5 Å². The molecule has 4 nitrogen and oxygen atoms in total. The molecule has 0 heterocycles. The van der Waals surface area contributed by atoms with Crippen LogP contribution >= 0.6 is 12.4 Å². The highest BCUT2D eigenvalue weighted by atomic mass is 35.5. The predicted molar refractivity (Wildman–Crippen MR) is 123 cm³/mol. The molecule has 30 heavy (non-hydrogen) atoms. The van der Waals surface area contributed by atoms with Gasteiger partial charge in [-0.1, -0.05) is 29.8 Å². The summed E-state index contributed by atoms with van der Waals surface area (Å²) >= 11 is 0. The smallest absolute Gasteiger partial charge is 0.161 e. The molecule has 0 aromatic heterocycles. The van der Waals surface area contributed by atoms with Crippen LogP contribution in [0.3, 0.4) is 0 Å². The van der Waals surface area contributed by atoms with Gasteiger partial charge in [-0.2, -0.15) is 0 Å². The Morgan fingerprint density at radius 3 is 2.23 bits per heavy atom. The van der Waals surface area contributed by atoms with E-state index >= 15 is 0 Å². The predicted octanol–water partition coefficient (Wildman–Crippen LogP) is 4.74. The summed E-state index contributed by atoms with van der Waals surface area (Å²) in [7, 11) is 3.39. The quantitative estimate of drug-likeness (QED) is 0.655. The summed E-state index contributed by atoms with van der Waals surface area (Å²) in [5.74, 6) is 2.42. The first-order chi connectivity index (χ1) is 14.1. The minimum Gasteiger partial charge on any atom is -0.493 e. The number of aryl methyl sites for hydroxylation is 2. The highest BCUT2D eigenvalue weighted by Crippen LogP contribution is 2.37. The van der Waals surface area contributed by atoms with Gasteiger partial charge in [-0.15, -0.1) is 12.4 Å². The molecule has 2 unspecified atom stereocenters. The second-order valence-corrected chi connectivity index (χ2v) is 8.70. The summed E-state index contributed by atoms with van der Waals surface area (Å²) < 4.78 is 11.0. The second kappa shape index (κ2) is 10.0. The number of hydrogen-bond donors (Lipinski definition) is 1. The molecule has 0 radical (unpaired) electrons.